The molecule has 0 radical (unpaired) electrons. The van der Waals surface area contributed by atoms with Crippen LogP contribution in [0.2, 0.25) is 0 Å². The van der Waals surface area contributed by atoms with Crippen molar-refractivity contribution >= 4 is 19.7 Å². The van der Waals surface area contributed by atoms with Crippen molar-refractivity contribution in [1.82, 2.24) is 5.32 Å². The van der Waals surface area contributed by atoms with E-state index in [0.29, 0.717) is 23.9 Å². The molecule has 87 heavy (non-hydrogen) atoms. The number of quaternary nitrogens is 1. The summed E-state index contributed by atoms with van der Waals surface area (Å²) in [6, 6.07) is -0.851. The number of carbonyl (C=O) groups excluding carboxylic acids is 2. The third-order valence-electron chi connectivity index (χ3n) is 16.6. The van der Waals surface area contributed by atoms with Crippen LogP contribution in [0.5, 0.6) is 0 Å². The number of ether oxygens (including phenoxy) is 1. The van der Waals surface area contributed by atoms with Gasteiger partial charge in [-0.05, 0) is 102 Å². The first-order valence-electron chi connectivity index (χ1n) is 37.3. The molecule has 0 heterocycles. The maximum atomic E-state index is 13.6. The van der Waals surface area contributed by atoms with Crippen LogP contribution in [0.4, 0.5) is 0 Å². The van der Waals surface area contributed by atoms with Crippen LogP contribution in [0, 0.1) is 0 Å². The number of phosphoric acid groups is 1. The molecule has 0 aromatic rings. The Labute approximate surface area is 540 Å². The van der Waals surface area contributed by atoms with Gasteiger partial charge in [0.05, 0.1) is 33.8 Å². The van der Waals surface area contributed by atoms with Crippen LogP contribution >= 0.6 is 7.82 Å². The molecule has 0 saturated carbocycles. The van der Waals surface area contributed by atoms with Gasteiger partial charge in [-0.1, -0.05) is 312 Å². The maximum Gasteiger partial charge on any atom is 0.472 e. The average molecular weight is 1240 g/mol. The number of carbonyl (C=O) groups is 2. The lowest BCUT2D eigenvalue weighted by Crippen LogP contribution is -2.47. The minimum Gasteiger partial charge on any atom is -0.456 e. The second-order valence-corrected chi connectivity index (χ2v) is 27.9. The number of hydrogen-bond acceptors (Lipinski definition) is 6. The average Bonchev–Trinajstić information content (AvgIpc) is 3.70. The number of hydrogen-bond donors (Lipinski definition) is 2. The molecule has 3 atom stereocenters. The third kappa shape index (κ3) is 67.7. The summed E-state index contributed by atoms with van der Waals surface area (Å²) >= 11 is 0. The summed E-state index contributed by atoms with van der Waals surface area (Å²) in [4.78, 5) is 37.9. The normalized spacial score (nSPS) is 13.9. The molecule has 0 saturated heterocycles. The number of nitrogens with one attached hydrogen (secondary N) is 1. The molecule has 0 rings (SSSR count). The summed E-state index contributed by atoms with van der Waals surface area (Å²) in [6.07, 6.45) is 87.8. The van der Waals surface area contributed by atoms with E-state index in [1.54, 1.807) is 0 Å². The highest BCUT2D eigenvalue weighted by Gasteiger charge is 2.30. The Morgan fingerprint density at radius 1 is 0.402 bits per heavy atom. The molecular weight excluding hydrogens is 1100 g/mol. The minimum absolute atomic E-state index is 0.0396. The van der Waals surface area contributed by atoms with E-state index >= 15 is 0 Å². The Bertz CT molecular complexity index is 1720. The first-order valence-corrected chi connectivity index (χ1v) is 38.8. The van der Waals surface area contributed by atoms with Gasteiger partial charge in [0.15, 0.2) is 0 Å². The van der Waals surface area contributed by atoms with E-state index < -0.39 is 20.0 Å². The highest BCUT2D eigenvalue weighted by atomic mass is 31.2. The van der Waals surface area contributed by atoms with Gasteiger partial charge < -0.3 is 19.4 Å². The molecule has 0 aromatic heterocycles. The number of unbranched alkanes of at least 4 members (excludes halogenated alkanes) is 42. The predicted octanol–water partition coefficient (Wildman–Crippen LogP) is 23.9. The lowest BCUT2D eigenvalue weighted by atomic mass is 10.0. The fraction of sp³-hybridized carbons (Fsp3) is 0.818. The first kappa shape index (κ1) is 84.5. The number of allylic oxidation sites excluding steroid dienone is 11. The van der Waals surface area contributed by atoms with Gasteiger partial charge in [0, 0.05) is 12.8 Å². The molecule has 2 N–H and O–H groups in total. The van der Waals surface area contributed by atoms with E-state index in [4.69, 9.17) is 13.8 Å². The summed E-state index contributed by atoms with van der Waals surface area (Å²) in [6.45, 7) is 7.00. The molecule has 0 spiro atoms. The number of likely N-dealkylation sites (N-methyl/N-ethyl adjacent to an activating group) is 1. The largest absolute Gasteiger partial charge is 0.472 e. The summed E-state index contributed by atoms with van der Waals surface area (Å²) in [5.41, 5.74) is 0. The van der Waals surface area contributed by atoms with Crippen molar-refractivity contribution in [3.8, 4) is 0 Å². The van der Waals surface area contributed by atoms with Gasteiger partial charge in [-0.25, -0.2) is 4.57 Å². The Balaban J connectivity index is 4.94. The van der Waals surface area contributed by atoms with Crippen LogP contribution in [-0.4, -0.2) is 74.3 Å². The summed E-state index contributed by atoms with van der Waals surface area (Å²) in [5.74, 6) is -0.495. The quantitative estimate of drug-likeness (QED) is 0.0205. The van der Waals surface area contributed by atoms with Crippen molar-refractivity contribution in [1.29, 1.82) is 0 Å². The van der Waals surface area contributed by atoms with Crippen LogP contribution in [0.1, 0.15) is 355 Å². The molecule has 0 aromatic carbocycles. The topological polar surface area (TPSA) is 111 Å². The van der Waals surface area contributed by atoms with Gasteiger partial charge in [-0.3, -0.25) is 18.6 Å². The van der Waals surface area contributed by atoms with Gasteiger partial charge >= 0.3 is 13.8 Å². The van der Waals surface area contributed by atoms with Crippen molar-refractivity contribution < 1.29 is 37.3 Å². The molecule has 10 heteroatoms. The fourth-order valence-electron chi connectivity index (χ4n) is 10.9. The number of rotatable bonds is 68. The van der Waals surface area contributed by atoms with Gasteiger partial charge in [0.2, 0.25) is 5.91 Å². The third-order valence-corrected chi connectivity index (χ3v) is 17.6. The van der Waals surface area contributed by atoms with E-state index in [9.17, 15) is 19.0 Å². The van der Waals surface area contributed by atoms with E-state index in [1.807, 2.05) is 33.3 Å². The molecule has 3 unspecified atom stereocenters. The molecule has 1 amide bonds. The summed E-state index contributed by atoms with van der Waals surface area (Å²) in [5, 5.41) is 3.08. The van der Waals surface area contributed by atoms with E-state index in [2.05, 4.69) is 86.8 Å². The zero-order valence-electron chi connectivity index (χ0n) is 58.3. The summed E-state index contributed by atoms with van der Waals surface area (Å²) in [7, 11) is 1.50. The molecule has 9 nitrogen and oxygen atoms in total. The molecule has 0 aliphatic heterocycles. The minimum atomic E-state index is -4.46. The molecule has 0 aliphatic rings. The zero-order chi connectivity index (χ0) is 63.5. The van der Waals surface area contributed by atoms with Gasteiger partial charge in [-0.15, -0.1) is 0 Å². The van der Waals surface area contributed by atoms with Gasteiger partial charge in [0.25, 0.3) is 0 Å². The highest BCUT2D eigenvalue weighted by molar-refractivity contribution is 7.47. The Morgan fingerprint density at radius 2 is 0.701 bits per heavy atom. The second kappa shape index (κ2) is 66.4. The molecular formula is C77H144N2O7P+. The van der Waals surface area contributed by atoms with Crippen LogP contribution in [0.15, 0.2) is 72.9 Å². The number of esters is 1. The fourth-order valence-corrected chi connectivity index (χ4v) is 11.6. The van der Waals surface area contributed by atoms with Crippen LogP contribution < -0.4 is 5.32 Å². The van der Waals surface area contributed by atoms with E-state index in [1.165, 1.54) is 244 Å². The maximum absolute atomic E-state index is 13.6. The Hall–Kier alpha value is -2.55. The van der Waals surface area contributed by atoms with Crippen LogP contribution in [-0.2, 0) is 27.9 Å². The van der Waals surface area contributed by atoms with Crippen molar-refractivity contribution in [3.63, 3.8) is 0 Å². The first-order chi connectivity index (χ1) is 42.4. The summed E-state index contributed by atoms with van der Waals surface area (Å²) < 4.78 is 30.9. The van der Waals surface area contributed by atoms with Crippen molar-refractivity contribution in [2.75, 3.05) is 40.9 Å². The van der Waals surface area contributed by atoms with E-state index in [0.717, 1.165) is 77.0 Å². The standard InChI is InChI=1S/C77H143N2O7P/c1-7-10-13-16-19-22-25-27-29-31-33-35-37-38-39-40-42-43-45-47-49-51-54-57-60-63-66-69-76(80)78-74(73-85-87(82,83)84-72-71-79(4,5)6)75(68-65-62-59-56-53-24-21-18-15-12-9-3)86-77(81)70-67-64-61-58-55-52-50-48-46-44-41-36-34-32-30-28-26-23-20-17-14-11-8-2/h19-20,22-23,27-30,33,35,65,68,74-75H,7-18,21,24-26,31-32,34,36-64,66-67,69-73H2,1-6H3,(H-,78,80,82,83)/p+1/b22-19-,23-20-,29-27-,30-28-,35-33-,68-65-. The monoisotopic (exact) mass is 1240 g/mol. The van der Waals surface area contributed by atoms with Crippen LogP contribution in [0.25, 0.3) is 0 Å². The van der Waals surface area contributed by atoms with Crippen molar-refractivity contribution in [2.45, 2.75) is 367 Å². The zero-order valence-corrected chi connectivity index (χ0v) is 59.2. The SMILES string of the molecule is CCCCC/C=C\C/C=C\C/C=C\CCCCCCCCCCCCCCCCC(=O)NC(COP(=O)(O)OCC[N+](C)(C)C)C(/C=C\CCCCCCCCCCC)OC(=O)CCCCCCCCCCCCCCC/C=C\C/C=C\CCCCC. The van der Waals surface area contributed by atoms with E-state index in [-0.39, 0.29) is 25.1 Å². The molecule has 0 aliphatic carbocycles. The second-order valence-electron chi connectivity index (χ2n) is 26.5. The van der Waals surface area contributed by atoms with Gasteiger partial charge in [-0.2, -0.15) is 0 Å². The Kier molecular flexibility index (Phi) is 64.4. The highest BCUT2D eigenvalue weighted by Crippen LogP contribution is 2.43. The number of phosphoric ester groups is 1. The lowest BCUT2D eigenvalue weighted by molar-refractivity contribution is -0.870. The van der Waals surface area contributed by atoms with Crippen LogP contribution in [0.3, 0.4) is 0 Å². The smallest absolute Gasteiger partial charge is 0.456 e. The lowest BCUT2D eigenvalue weighted by Gasteiger charge is -2.27. The molecule has 508 valence electrons. The van der Waals surface area contributed by atoms with Crippen molar-refractivity contribution in [3.05, 3.63) is 72.9 Å². The Morgan fingerprint density at radius 3 is 1.07 bits per heavy atom. The number of amides is 1. The number of nitrogens with zero attached hydrogens (tertiary/aromatic N) is 1. The van der Waals surface area contributed by atoms with Crippen molar-refractivity contribution in [2.24, 2.45) is 0 Å². The molecule has 0 bridgehead atoms. The van der Waals surface area contributed by atoms with Gasteiger partial charge in [0.1, 0.15) is 19.3 Å². The molecule has 0 fully saturated rings. The predicted molar refractivity (Wildman–Crippen MR) is 378 cm³/mol.